The number of morpholine rings is 1. The Balaban J connectivity index is 1.67. The van der Waals surface area contributed by atoms with E-state index >= 15 is 0 Å². The lowest BCUT2D eigenvalue weighted by molar-refractivity contribution is -0.132. The molecule has 1 heterocycles. The van der Waals surface area contributed by atoms with E-state index in [1.54, 1.807) is 25.1 Å². The molecule has 34 heavy (non-hydrogen) atoms. The van der Waals surface area contributed by atoms with Crippen LogP contribution in [0.3, 0.4) is 0 Å². The smallest absolute Gasteiger partial charge is 0.336 e. The molecule has 2 aliphatic rings. The first-order valence-corrected chi connectivity index (χ1v) is 11.6. The van der Waals surface area contributed by atoms with Crippen molar-refractivity contribution in [2.75, 3.05) is 46.6 Å². The number of carboxylic acid groups (broad SMARTS) is 1. The molecule has 0 saturated carbocycles. The second-order valence-corrected chi connectivity index (χ2v) is 9.25. The summed E-state index contributed by atoms with van der Waals surface area (Å²) in [6.07, 6.45) is 3.37. The van der Waals surface area contributed by atoms with Gasteiger partial charge in [0.1, 0.15) is 18.1 Å². The lowest BCUT2D eigenvalue weighted by atomic mass is 9.66. The number of methoxy groups -OCH3 is 1. The minimum Gasteiger partial charge on any atom is -0.500 e. The van der Waals surface area contributed by atoms with Crippen LogP contribution < -0.4 is 4.74 Å². The van der Waals surface area contributed by atoms with Gasteiger partial charge in [0.25, 0.3) is 0 Å². The normalized spacial score (nSPS) is 21.1. The van der Waals surface area contributed by atoms with Gasteiger partial charge in [0.05, 0.1) is 25.9 Å². The third-order valence-electron chi connectivity index (χ3n) is 6.94. The van der Waals surface area contributed by atoms with E-state index in [2.05, 4.69) is 4.90 Å². The molecule has 0 bridgehead atoms. The Morgan fingerprint density at radius 2 is 1.82 bits per heavy atom. The molecule has 0 radical (unpaired) electrons. The summed E-state index contributed by atoms with van der Waals surface area (Å²) in [5.74, 6) is -0.0596. The topological polar surface area (TPSA) is 85.3 Å². The quantitative estimate of drug-likeness (QED) is 0.430. The van der Waals surface area contributed by atoms with Crippen LogP contribution in [0.4, 0.5) is 0 Å². The number of aliphatic carboxylic acids is 1. The van der Waals surface area contributed by atoms with Crippen molar-refractivity contribution in [1.29, 1.82) is 0 Å². The predicted octanol–water partition coefficient (Wildman–Crippen LogP) is 4.11. The number of ether oxygens (including phenoxy) is 3. The van der Waals surface area contributed by atoms with E-state index in [-0.39, 0.29) is 17.3 Å². The van der Waals surface area contributed by atoms with Gasteiger partial charge in [-0.15, -0.1) is 0 Å². The molecule has 0 spiro atoms. The molecule has 7 nitrogen and oxygen atoms in total. The van der Waals surface area contributed by atoms with Gasteiger partial charge >= 0.3 is 5.97 Å². The molecular formula is C27H35NO6. The fourth-order valence-corrected chi connectivity index (χ4v) is 4.56. The van der Waals surface area contributed by atoms with Crippen LogP contribution in [0.1, 0.15) is 38.1 Å². The molecule has 184 valence electrons. The first kappa shape index (κ1) is 25.7. The average Bonchev–Trinajstić information content (AvgIpc) is 2.81. The maximum Gasteiger partial charge on any atom is 0.336 e. The van der Waals surface area contributed by atoms with Crippen molar-refractivity contribution in [3.8, 4) is 5.75 Å². The average molecular weight is 470 g/mol. The maximum absolute atomic E-state index is 12.9. The number of nitrogens with zero attached hydrogens (tertiary/aromatic N) is 1. The molecule has 1 aliphatic heterocycles. The zero-order valence-corrected chi connectivity index (χ0v) is 20.7. The molecule has 1 aromatic rings. The predicted molar refractivity (Wildman–Crippen MR) is 130 cm³/mol. The molecule has 1 aliphatic carbocycles. The van der Waals surface area contributed by atoms with E-state index < -0.39 is 11.4 Å². The van der Waals surface area contributed by atoms with E-state index in [0.29, 0.717) is 23.5 Å². The number of carbonyl (C=O) groups is 2. The van der Waals surface area contributed by atoms with Crippen molar-refractivity contribution in [1.82, 2.24) is 4.90 Å². The lowest BCUT2D eigenvalue weighted by Crippen LogP contribution is -2.38. The largest absolute Gasteiger partial charge is 0.500 e. The monoisotopic (exact) mass is 469 g/mol. The van der Waals surface area contributed by atoms with Crippen LogP contribution in [0, 0.1) is 11.3 Å². The van der Waals surface area contributed by atoms with Gasteiger partial charge in [-0.3, -0.25) is 9.69 Å². The fraction of sp³-hybridized carbons (Fsp3) is 0.481. The van der Waals surface area contributed by atoms with Gasteiger partial charge in [0.2, 0.25) is 0 Å². The first-order valence-electron chi connectivity index (χ1n) is 11.6. The fourth-order valence-electron chi connectivity index (χ4n) is 4.56. The number of carboxylic acids is 1. The number of rotatable bonds is 9. The van der Waals surface area contributed by atoms with Crippen LogP contribution in [0.15, 0.2) is 58.9 Å². The van der Waals surface area contributed by atoms with Gasteiger partial charge < -0.3 is 19.3 Å². The highest BCUT2D eigenvalue weighted by molar-refractivity contribution is 6.04. The standard InChI is InChI=1S/C27H35NO6/c1-18-24(26(30)31)19(2)27(3,4)22(25(18)32-5)10-11-23(29)20-6-8-21(9-7-20)34-17-14-28-12-15-33-16-13-28/h6-11,22H,12-17H2,1-5H3,(H,30,31). The summed E-state index contributed by atoms with van der Waals surface area (Å²) in [6, 6.07) is 7.13. The number of carbonyl (C=O) groups excluding carboxylic acids is 1. The highest BCUT2D eigenvalue weighted by atomic mass is 16.5. The highest BCUT2D eigenvalue weighted by Crippen LogP contribution is 2.48. The number of hydrogen-bond donors (Lipinski definition) is 1. The summed E-state index contributed by atoms with van der Waals surface area (Å²) in [7, 11) is 1.54. The van der Waals surface area contributed by atoms with Gasteiger partial charge in [-0.25, -0.2) is 4.79 Å². The van der Waals surface area contributed by atoms with Crippen LogP contribution >= 0.6 is 0 Å². The van der Waals surface area contributed by atoms with Gasteiger partial charge in [-0.05, 0) is 49.6 Å². The van der Waals surface area contributed by atoms with Crippen LogP contribution in [0.2, 0.25) is 0 Å². The van der Waals surface area contributed by atoms with Crippen molar-refractivity contribution in [3.63, 3.8) is 0 Å². The summed E-state index contributed by atoms with van der Waals surface area (Å²) in [5, 5.41) is 9.68. The van der Waals surface area contributed by atoms with E-state index in [9.17, 15) is 14.7 Å². The van der Waals surface area contributed by atoms with Crippen LogP contribution in [-0.4, -0.2) is 68.3 Å². The Morgan fingerprint density at radius 1 is 1.18 bits per heavy atom. The molecule has 0 aromatic heterocycles. The second-order valence-electron chi connectivity index (χ2n) is 9.25. The van der Waals surface area contributed by atoms with Crippen molar-refractivity contribution in [3.05, 3.63) is 64.5 Å². The molecular weight excluding hydrogens is 434 g/mol. The van der Waals surface area contributed by atoms with E-state index in [4.69, 9.17) is 14.2 Å². The second kappa shape index (κ2) is 11.0. The van der Waals surface area contributed by atoms with Gasteiger partial charge in [0, 0.05) is 36.7 Å². The van der Waals surface area contributed by atoms with Crippen molar-refractivity contribution in [2.24, 2.45) is 11.3 Å². The molecule has 1 atom stereocenters. The molecule has 0 amide bonds. The zero-order valence-electron chi connectivity index (χ0n) is 20.7. The molecule has 1 unspecified atom stereocenters. The number of benzene rings is 1. The summed E-state index contributed by atoms with van der Waals surface area (Å²) in [4.78, 5) is 27.0. The molecule has 3 rings (SSSR count). The van der Waals surface area contributed by atoms with Gasteiger partial charge in [-0.2, -0.15) is 0 Å². The minimum atomic E-state index is -0.969. The Labute approximate surface area is 201 Å². The van der Waals surface area contributed by atoms with Crippen LogP contribution in [0.5, 0.6) is 5.75 Å². The van der Waals surface area contributed by atoms with Crippen LogP contribution in [-0.2, 0) is 14.3 Å². The minimum absolute atomic E-state index is 0.130. The van der Waals surface area contributed by atoms with Gasteiger partial charge in [-0.1, -0.05) is 25.5 Å². The Kier molecular flexibility index (Phi) is 8.33. The highest BCUT2D eigenvalue weighted by Gasteiger charge is 2.41. The van der Waals surface area contributed by atoms with E-state index in [0.717, 1.165) is 44.2 Å². The SMILES string of the molecule is COC1=C(C)C(C(=O)O)=C(C)C(C)(C)C1C=CC(=O)c1ccc(OCCN2CCOCC2)cc1. The molecule has 7 heteroatoms. The molecule has 1 aromatic carbocycles. The number of ketones is 1. The first-order chi connectivity index (χ1) is 16.2. The number of allylic oxidation sites excluding steroid dienone is 3. The Morgan fingerprint density at radius 3 is 2.41 bits per heavy atom. The van der Waals surface area contributed by atoms with Gasteiger partial charge in [0.15, 0.2) is 5.78 Å². The zero-order chi connectivity index (χ0) is 24.9. The molecule has 1 fully saturated rings. The Bertz CT molecular complexity index is 996. The maximum atomic E-state index is 12.9. The summed E-state index contributed by atoms with van der Waals surface area (Å²) in [6.45, 7) is 12.3. The summed E-state index contributed by atoms with van der Waals surface area (Å²) < 4.78 is 16.8. The van der Waals surface area contributed by atoms with Crippen molar-refractivity contribution < 1.29 is 28.9 Å². The van der Waals surface area contributed by atoms with Crippen molar-refractivity contribution in [2.45, 2.75) is 27.7 Å². The summed E-state index contributed by atoms with van der Waals surface area (Å²) in [5.41, 5.74) is 1.67. The van der Waals surface area contributed by atoms with E-state index in [1.165, 1.54) is 7.11 Å². The number of hydrogen-bond acceptors (Lipinski definition) is 6. The Hall–Kier alpha value is -2.90. The lowest BCUT2D eigenvalue weighted by Gasteiger charge is -2.40. The molecule has 1 saturated heterocycles. The van der Waals surface area contributed by atoms with E-state index in [1.807, 2.05) is 39.0 Å². The third-order valence-corrected chi connectivity index (χ3v) is 6.94. The molecule has 1 N–H and O–H groups in total. The van der Waals surface area contributed by atoms with Crippen LogP contribution in [0.25, 0.3) is 0 Å². The van der Waals surface area contributed by atoms with Crippen molar-refractivity contribution >= 4 is 11.8 Å². The third kappa shape index (κ3) is 5.59. The summed E-state index contributed by atoms with van der Waals surface area (Å²) >= 11 is 0.